The maximum absolute atomic E-state index is 12.3. The number of carbonyl (C=O) groups is 2. The molecule has 0 aliphatic carbocycles. The van der Waals surface area contributed by atoms with Crippen molar-refractivity contribution in [1.82, 2.24) is 9.71 Å². The van der Waals surface area contributed by atoms with Gasteiger partial charge in [0.1, 0.15) is 4.90 Å². The van der Waals surface area contributed by atoms with Crippen LogP contribution in [0.25, 0.3) is 0 Å². The quantitative estimate of drug-likeness (QED) is 0.786. The van der Waals surface area contributed by atoms with Crippen molar-refractivity contribution in [3.8, 4) is 0 Å². The first-order valence-corrected chi connectivity index (χ1v) is 8.91. The first-order valence-electron chi connectivity index (χ1n) is 6.55. The molecule has 122 valence electrons. The highest BCUT2D eigenvalue weighted by Gasteiger charge is 2.24. The third kappa shape index (κ3) is 4.36. The molecule has 1 N–H and O–H groups in total. The summed E-state index contributed by atoms with van der Waals surface area (Å²) in [5.41, 5.74) is -0.129. The molecular weight excluding hydrogens is 340 g/mol. The van der Waals surface area contributed by atoms with E-state index in [1.165, 1.54) is 35.6 Å². The van der Waals surface area contributed by atoms with Crippen LogP contribution >= 0.6 is 11.3 Å². The first kappa shape index (κ1) is 17.1. The van der Waals surface area contributed by atoms with Gasteiger partial charge in [-0.3, -0.25) is 4.79 Å². The summed E-state index contributed by atoms with van der Waals surface area (Å²) in [7, 11) is -3.00. The highest BCUT2D eigenvalue weighted by atomic mass is 32.2. The molecular formula is C14H14N2O5S2. The van der Waals surface area contributed by atoms with E-state index in [0.717, 1.165) is 12.1 Å². The third-order valence-corrected chi connectivity index (χ3v) is 5.15. The zero-order valence-electron chi connectivity index (χ0n) is 12.2. The van der Waals surface area contributed by atoms with Gasteiger partial charge in [-0.1, -0.05) is 12.1 Å². The smallest absolute Gasteiger partial charge is 0.339 e. The van der Waals surface area contributed by atoms with Crippen LogP contribution in [0.4, 0.5) is 0 Å². The number of ether oxygens (including phenoxy) is 1. The summed E-state index contributed by atoms with van der Waals surface area (Å²) in [5.74, 6) is -1.46. The van der Waals surface area contributed by atoms with E-state index in [-0.39, 0.29) is 16.9 Å². The number of rotatable bonds is 6. The molecule has 0 saturated carbocycles. The molecule has 9 heteroatoms. The van der Waals surface area contributed by atoms with E-state index in [1.54, 1.807) is 11.6 Å². The molecule has 0 atom stereocenters. The van der Waals surface area contributed by atoms with Gasteiger partial charge in [-0.25, -0.2) is 22.9 Å². The van der Waals surface area contributed by atoms with Gasteiger partial charge >= 0.3 is 5.97 Å². The Morgan fingerprint density at radius 2 is 2.04 bits per heavy atom. The number of benzene rings is 1. The van der Waals surface area contributed by atoms with Gasteiger partial charge in [-0.15, -0.1) is 11.3 Å². The second-order valence-corrected chi connectivity index (χ2v) is 7.07. The number of hydrogen-bond donors (Lipinski definition) is 1. The Labute approximate surface area is 137 Å². The molecule has 2 rings (SSSR count). The number of amides is 1. The van der Waals surface area contributed by atoms with Gasteiger partial charge in [-0.05, 0) is 12.1 Å². The van der Waals surface area contributed by atoms with E-state index in [1.807, 2.05) is 4.72 Å². The van der Waals surface area contributed by atoms with Crippen LogP contribution in [-0.2, 0) is 26.0 Å². The minimum absolute atomic E-state index is 0.0207. The van der Waals surface area contributed by atoms with E-state index in [0.29, 0.717) is 6.42 Å². The van der Waals surface area contributed by atoms with Crippen LogP contribution in [0.5, 0.6) is 0 Å². The normalized spacial score (nSPS) is 11.0. The van der Waals surface area contributed by atoms with Gasteiger partial charge < -0.3 is 4.74 Å². The lowest BCUT2D eigenvalue weighted by molar-refractivity contribution is -0.119. The molecule has 1 aromatic carbocycles. The number of nitrogens with one attached hydrogen (secondary N) is 1. The van der Waals surface area contributed by atoms with Crippen molar-refractivity contribution in [3.05, 3.63) is 46.4 Å². The highest BCUT2D eigenvalue weighted by Crippen LogP contribution is 2.16. The van der Waals surface area contributed by atoms with Crippen molar-refractivity contribution in [2.24, 2.45) is 0 Å². The minimum Gasteiger partial charge on any atom is -0.465 e. The number of thiazole rings is 1. The average molecular weight is 354 g/mol. The Balaban J connectivity index is 2.12. The van der Waals surface area contributed by atoms with E-state index in [2.05, 4.69) is 9.72 Å². The Kier molecular flexibility index (Phi) is 5.45. The minimum atomic E-state index is -4.15. The SMILES string of the molecule is COC(=O)c1ccccc1S(=O)(=O)NC(=O)CCc1nccs1. The molecule has 2 aromatic rings. The number of hydrogen-bond acceptors (Lipinski definition) is 7. The molecule has 7 nitrogen and oxygen atoms in total. The fourth-order valence-corrected chi connectivity index (χ4v) is 3.66. The molecule has 0 spiro atoms. The topological polar surface area (TPSA) is 102 Å². The lowest BCUT2D eigenvalue weighted by atomic mass is 10.2. The molecule has 1 aromatic heterocycles. The van der Waals surface area contributed by atoms with Crippen molar-refractivity contribution < 1.29 is 22.7 Å². The monoisotopic (exact) mass is 354 g/mol. The molecule has 1 amide bonds. The fraction of sp³-hybridized carbons (Fsp3) is 0.214. The lowest BCUT2D eigenvalue weighted by Gasteiger charge is -2.10. The predicted molar refractivity (Wildman–Crippen MR) is 83.5 cm³/mol. The summed E-state index contributed by atoms with van der Waals surface area (Å²) < 4.78 is 31.1. The maximum atomic E-state index is 12.3. The van der Waals surface area contributed by atoms with Crippen LogP contribution < -0.4 is 4.72 Å². The fourth-order valence-electron chi connectivity index (χ4n) is 1.83. The lowest BCUT2D eigenvalue weighted by Crippen LogP contribution is -2.31. The molecule has 1 heterocycles. The van der Waals surface area contributed by atoms with Crippen LogP contribution in [-0.4, -0.2) is 32.4 Å². The number of methoxy groups -OCH3 is 1. The average Bonchev–Trinajstić information content (AvgIpc) is 3.05. The van der Waals surface area contributed by atoms with E-state index < -0.39 is 21.9 Å². The standard InChI is InChI=1S/C14H14N2O5S2/c1-21-14(18)10-4-2-3-5-11(10)23(19,20)16-12(17)6-7-13-15-8-9-22-13/h2-5,8-9H,6-7H2,1H3,(H,16,17). The van der Waals surface area contributed by atoms with Gasteiger partial charge in [0.2, 0.25) is 5.91 Å². The summed E-state index contributed by atoms with van der Waals surface area (Å²) in [6.07, 6.45) is 1.94. The summed E-state index contributed by atoms with van der Waals surface area (Å²) in [6, 6.07) is 5.53. The van der Waals surface area contributed by atoms with Crippen molar-refractivity contribution in [3.63, 3.8) is 0 Å². The molecule has 0 radical (unpaired) electrons. The molecule has 0 bridgehead atoms. The van der Waals surface area contributed by atoms with Crippen molar-refractivity contribution in [1.29, 1.82) is 0 Å². The van der Waals surface area contributed by atoms with Crippen LogP contribution in [0.3, 0.4) is 0 Å². The van der Waals surface area contributed by atoms with E-state index in [4.69, 9.17) is 0 Å². The van der Waals surface area contributed by atoms with Crippen molar-refractivity contribution in [2.75, 3.05) is 7.11 Å². The number of sulfonamides is 1. The number of aryl methyl sites for hydroxylation is 1. The summed E-state index contributed by atoms with van der Waals surface area (Å²) >= 11 is 1.39. The summed E-state index contributed by atoms with van der Waals surface area (Å²) in [4.78, 5) is 27.2. The molecule has 23 heavy (non-hydrogen) atoms. The number of carbonyl (C=O) groups excluding carboxylic acids is 2. The maximum Gasteiger partial charge on any atom is 0.339 e. The van der Waals surface area contributed by atoms with Crippen LogP contribution in [0.1, 0.15) is 21.8 Å². The Hall–Kier alpha value is -2.26. The molecule has 0 fully saturated rings. The molecule has 0 aliphatic heterocycles. The number of nitrogens with zero attached hydrogens (tertiary/aromatic N) is 1. The second-order valence-electron chi connectivity index (χ2n) is 4.44. The Morgan fingerprint density at radius 1 is 1.30 bits per heavy atom. The largest absolute Gasteiger partial charge is 0.465 e. The van der Waals surface area contributed by atoms with Crippen molar-refractivity contribution >= 4 is 33.2 Å². The van der Waals surface area contributed by atoms with Crippen LogP contribution in [0.2, 0.25) is 0 Å². The summed E-state index contributed by atoms with van der Waals surface area (Å²) in [6.45, 7) is 0. The van der Waals surface area contributed by atoms with Crippen LogP contribution in [0.15, 0.2) is 40.7 Å². The van der Waals surface area contributed by atoms with E-state index >= 15 is 0 Å². The zero-order chi connectivity index (χ0) is 16.9. The first-order chi connectivity index (χ1) is 10.9. The third-order valence-electron chi connectivity index (χ3n) is 2.88. The predicted octanol–water partition coefficient (Wildman–Crippen LogP) is 1.37. The molecule has 0 aliphatic rings. The van der Waals surface area contributed by atoms with Gasteiger partial charge in [0, 0.05) is 24.4 Å². The Bertz CT molecular complexity index is 800. The highest BCUT2D eigenvalue weighted by molar-refractivity contribution is 7.90. The molecule has 0 unspecified atom stereocenters. The zero-order valence-corrected chi connectivity index (χ0v) is 13.8. The number of aromatic nitrogens is 1. The number of esters is 1. The Morgan fingerprint density at radius 3 is 2.70 bits per heavy atom. The van der Waals surface area contributed by atoms with Crippen molar-refractivity contribution in [2.45, 2.75) is 17.7 Å². The van der Waals surface area contributed by atoms with Gasteiger partial charge in [0.15, 0.2) is 0 Å². The molecule has 0 saturated heterocycles. The van der Waals surface area contributed by atoms with Gasteiger partial charge in [-0.2, -0.15) is 0 Å². The second kappa shape index (κ2) is 7.34. The van der Waals surface area contributed by atoms with Gasteiger partial charge in [0.05, 0.1) is 17.7 Å². The van der Waals surface area contributed by atoms with Gasteiger partial charge in [0.25, 0.3) is 10.0 Å². The summed E-state index contributed by atoms with van der Waals surface area (Å²) in [5, 5.41) is 2.52. The van der Waals surface area contributed by atoms with E-state index in [9.17, 15) is 18.0 Å². The van der Waals surface area contributed by atoms with Crippen LogP contribution in [0, 0.1) is 0 Å².